The first-order valence-corrected chi connectivity index (χ1v) is 10.3. The first-order valence-electron chi connectivity index (χ1n) is 10.3. The molecule has 32 heavy (non-hydrogen) atoms. The van der Waals surface area contributed by atoms with Gasteiger partial charge in [-0.1, -0.05) is 6.07 Å². The molecular formula is C23H20F3NO5. The molecule has 0 aromatic heterocycles. The summed E-state index contributed by atoms with van der Waals surface area (Å²) in [6.45, 7) is 4.01. The Morgan fingerprint density at radius 1 is 1.22 bits per heavy atom. The molecule has 0 spiro atoms. The van der Waals surface area contributed by atoms with Gasteiger partial charge in [-0.05, 0) is 72.6 Å². The highest BCUT2D eigenvalue weighted by Crippen LogP contribution is 2.77. The second-order valence-corrected chi connectivity index (χ2v) is 8.44. The van der Waals surface area contributed by atoms with E-state index in [9.17, 15) is 22.8 Å². The van der Waals surface area contributed by atoms with Crippen LogP contribution >= 0.6 is 0 Å². The second-order valence-electron chi connectivity index (χ2n) is 8.44. The van der Waals surface area contributed by atoms with Gasteiger partial charge in [0.05, 0.1) is 11.6 Å². The normalized spacial score (nSPS) is 25.5. The van der Waals surface area contributed by atoms with Crippen molar-refractivity contribution in [2.75, 3.05) is 11.4 Å². The standard InChI is InChI=1S/C23H20F3NO5/c1-3-27-15-8-13(10(2)6-12(15)9-31-22(27)30)14-7-11(4-5-16(14)32-23(24,25)26)17-18-19(17)20(18)21(28)29/h4-8,17-20H,3,9H2,1-2H3,(H,28,29)/t17?,18-,19?,20?/m1/s1. The monoisotopic (exact) mass is 447 g/mol. The largest absolute Gasteiger partial charge is 0.573 e. The van der Waals surface area contributed by atoms with E-state index in [1.165, 1.54) is 11.0 Å². The van der Waals surface area contributed by atoms with Crippen molar-refractivity contribution in [3.8, 4) is 16.9 Å². The Hall–Kier alpha value is -3.23. The molecule has 2 saturated carbocycles. The molecule has 1 N–H and O–H groups in total. The Morgan fingerprint density at radius 2 is 1.94 bits per heavy atom. The number of hydrogen-bond acceptors (Lipinski definition) is 4. The summed E-state index contributed by atoms with van der Waals surface area (Å²) in [7, 11) is 0. The Labute approximate surface area is 181 Å². The lowest BCUT2D eigenvalue weighted by atomic mass is 9.91. The Kier molecular flexibility index (Phi) is 4.44. The van der Waals surface area contributed by atoms with E-state index in [1.54, 1.807) is 38.1 Å². The van der Waals surface area contributed by atoms with Gasteiger partial charge in [0.1, 0.15) is 12.4 Å². The van der Waals surface area contributed by atoms with Crippen LogP contribution < -0.4 is 9.64 Å². The molecule has 2 aromatic rings. The molecule has 5 rings (SSSR count). The minimum Gasteiger partial charge on any atom is -0.481 e. The molecule has 0 saturated heterocycles. The Balaban J connectivity index is 1.58. The molecule has 2 aromatic carbocycles. The molecule has 1 amide bonds. The molecule has 1 aliphatic heterocycles. The molecule has 3 unspecified atom stereocenters. The molecule has 0 bridgehead atoms. The van der Waals surface area contributed by atoms with E-state index in [2.05, 4.69) is 4.74 Å². The Bertz CT molecular complexity index is 1140. The molecule has 4 atom stereocenters. The highest BCUT2D eigenvalue weighted by molar-refractivity contribution is 5.92. The number of carboxylic acid groups (broad SMARTS) is 1. The van der Waals surface area contributed by atoms with Crippen LogP contribution in [0.15, 0.2) is 30.3 Å². The number of nitrogens with zero attached hydrogens (tertiary/aromatic N) is 1. The first kappa shape index (κ1) is 20.7. The molecule has 2 fully saturated rings. The molecule has 1 heterocycles. The van der Waals surface area contributed by atoms with Crippen LogP contribution in [0.2, 0.25) is 0 Å². The number of anilines is 1. The third-order valence-electron chi connectivity index (χ3n) is 6.62. The van der Waals surface area contributed by atoms with Crippen molar-refractivity contribution in [3.63, 3.8) is 0 Å². The Morgan fingerprint density at radius 3 is 2.56 bits per heavy atom. The van der Waals surface area contributed by atoms with Crippen molar-refractivity contribution in [1.82, 2.24) is 0 Å². The highest BCUT2D eigenvalue weighted by Gasteiger charge is 2.76. The van der Waals surface area contributed by atoms with Crippen LogP contribution in [0.5, 0.6) is 5.75 Å². The number of carbonyl (C=O) groups is 2. The van der Waals surface area contributed by atoms with Crippen molar-refractivity contribution >= 4 is 17.7 Å². The zero-order valence-corrected chi connectivity index (χ0v) is 17.3. The van der Waals surface area contributed by atoms with Crippen molar-refractivity contribution in [2.45, 2.75) is 32.7 Å². The number of carboxylic acids is 1. The van der Waals surface area contributed by atoms with Crippen molar-refractivity contribution in [2.24, 2.45) is 17.8 Å². The highest BCUT2D eigenvalue weighted by atomic mass is 19.4. The van der Waals surface area contributed by atoms with E-state index in [4.69, 9.17) is 9.84 Å². The van der Waals surface area contributed by atoms with Crippen LogP contribution in [-0.4, -0.2) is 30.1 Å². The summed E-state index contributed by atoms with van der Waals surface area (Å²) < 4.78 is 48.8. The minimum absolute atomic E-state index is 0.0369. The summed E-state index contributed by atoms with van der Waals surface area (Å²) in [6, 6.07) is 8.02. The van der Waals surface area contributed by atoms with Crippen molar-refractivity contribution in [1.29, 1.82) is 0 Å². The van der Waals surface area contributed by atoms with Gasteiger partial charge >= 0.3 is 18.4 Å². The van der Waals surface area contributed by atoms with E-state index in [0.717, 1.165) is 11.1 Å². The van der Waals surface area contributed by atoms with Crippen LogP contribution in [0.25, 0.3) is 11.1 Å². The predicted octanol–water partition coefficient (Wildman–Crippen LogP) is 5.08. The van der Waals surface area contributed by atoms with Gasteiger partial charge in [0, 0.05) is 17.7 Å². The van der Waals surface area contributed by atoms with Crippen LogP contribution in [-0.2, 0) is 16.1 Å². The zero-order chi connectivity index (χ0) is 22.9. The van der Waals surface area contributed by atoms with Crippen molar-refractivity contribution < 1.29 is 37.3 Å². The predicted molar refractivity (Wildman–Crippen MR) is 107 cm³/mol. The zero-order valence-electron chi connectivity index (χ0n) is 17.3. The first-order chi connectivity index (χ1) is 15.1. The van der Waals surface area contributed by atoms with Gasteiger partial charge in [-0.25, -0.2) is 4.79 Å². The summed E-state index contributed by atoms with van der Waals surface area (Å²) in [5.74, 6) is -1.39. The molecule has 3 aliphatic rings. The van der Waals surface area contributed by atoms with Crippen molar-refractivity contribution in [3.05, 3.63) is 47.0 Å². The number of benzene rings is 2. The molecule has 0 radical (unpaired) electrons. The summed E-state index contributed by atoms with van der Waals surface area (Å²) in [5, 5.41) is 9.15. The fourth-order valence-corrected chi connectivity index (χ4v) is 5.00. The lowest BCUT2D eigenvalue weighted by molar-refractivity contribution is -0.274. The average Bonchev–Trinajstić information content (AvgIpc) is 3.59. The van der Waals surface area contributed by atoms with Crippen LogP contribution in [0, 0.1) is 24.7 Å². The number of ether oxygens (including phenoxy) is 2. The number of cyclic esters (lactones) is 1. The van der Waals surface area contributed by atoms with Gasteiger partial charge in [0.2, 0.25) is 0 Å². The molecule has 6 nitrogen and oxygen atoms in total. The van der Waals surface area contributed by atoms with Gasteiger partial charge in [-0.3, -0.25) is 9.69 Å². The minimum atomic E-state index is -4.87. The smallest absolute Gasteiger partial charge is 0.481 e. The summed E-state index contributed by atoms with van der Waals surface area (Å²) in [6.07, 6.45) is -5.37. The second kappa shape index (κ2) is 6.88. The summed E-state index contributed by atoms with van der Waals surface area (Å²) in [4.78, 5) is 24.7. The summed E-state index contributed by atoms with van der Waals surface area (Å²) >= 11 is 0. The number of alkyl halides is 3. The number of carbonyl (C=O) groups excluding carboxylic acids is 1. The quantitative estimate of drug-likeness (QED) is 0.692. The third kappa shape index (κ3) is 3.27. The fraction of sp³-hybridized carbons (Fsp3) is 0.391. The lowest BCUT2D eigenvalue weighted by Gasteiger charge is -2.29. The maximum Gasteiger partial charge on any atom is 0.573 e. The number of aliphatic carboxylic acids is 1. The van der Waals surface area contributed by atoms with Gasteiger partial charge in [0.25, 0.3) is 0 Å². The SMILES string of the molecule is CCN1C(=O)OCc2cc(C)c(-c3cc(C4C5C(C(=O)O)[C@H]45)ccc3OC(F)(F)F)cc21. The molecule has 2 aliphatic carbocycles. The van der Waals surface area contributed by atoms with Gasteiger partial charge < -0.3 is 14.6 Å². The van der Waals surface area contributed by atoms with Gasteiger partial charge in [-0.2, -0.15) is 0 Å². The maximum absolute atomic E-state index is 13.1. The number of fused-ring (bicyclic) bond motifs is 2. The number of amides is 1. The fourth-order valence-electron chi connectivity index (χ4n) is 5.00. The lowest BCUT2D eigenvalue weighted by Crippen LogP contribution is -2.35. The van der Waals surface area contributed by atoms with Gasteiger partial charge in [0.15, 0.2) is 0 Å². The van der Waals surface area contributed by atoms with Crippen LogP contribution in [0.4, 0.5) is 23.7 Å². The maximum atomic E-state index is 13.1. The molecular weight excluding hydrogens is 427 g/mol. The average molecular weight is 447 g/mol. The van der Waals surface area contributed by atoms with E-state index < -0.39 is 18.4 Å². The summed E-state index contributed by atoms with van der Waals surface area (Å²) in [5.41, 5.74) is 3.65. The molecule has 9 heteroatoms. The van der Waals surface area contributed by atoms with E-state index >= 15 is 0 Å². The van der Waals surface area contributed by atoms with Gasteiger partial charge in [-0.15, -0.1) is 13.2 Å². The van der Waals surface area contributed by atoms with E-state index in [1.807, 2.05) is 0 Å². The third-order valence-corrected chi connectivity index (χ3v) is 6.62. The number of aryl methyl sites for hydroxylation is 1. The topological polar surface area (TPSA) is 76.1 Å². The van der Waals surface area contributed by atoms with Crippen LogP contribution in [0.1, 0.15) is 29.5 Å². The number of hydrogen-bond donors (Lipinski definition) is 1. The molecule has 168 valence electrons. The van der Waals surface area contributed by atoms with E-state index in [0.29, 0.717) is 23.4 Å². The van der Waals surface area contributed by atoms with Crippen LogP contribution in [0.3, 0.4) is 0 Å². The number of halogens is 3. The van der Waals surface area contributed by atoms with E-state index in [-0.39, 0.29) is 41.6 Å². The number of rotatable bonds is 5.